The first-order chi connectivity index (χ1) is 9.20. The van der Waals surface area contributed by atoms with Crippen LogP contribution in [0.4, 0.5) is 0 Å². The van der Waals surface area contributed by atoms with Crippen molar-refractivity contribution in [2.45, 2.75) is 19.5 Å². The van der Waals surface area contributed by atoms with Crippen molar-refractivity contribution >= 4 is 0 Å². The van der Waals surface area contributed by atoms with Crippen LogP contribution in [0.2, 0.25) is 0 Å². The second kappa shape index (κ2) is 6.29. The average Bonchev–Trinajstić information content (AvgIpc) is 2.88. The van der Waals surface area contributed by atoms with Gasteiger partial charge in [-0.05, 0) is 30.7 Å². The topological polar surface area (TPSA) is 49.4 Å². The highest BCUT2D eigenvalue weighted by atomic mass is 16.5. The first kappa shape index (κ1) is 13.5. The third-order valence-electron chi connectivity index (χ3n) is 2.98. The molecular formula is C15H20N2O2. The molecule has 19 heavy (non-hydrogen) atoms. The molecule has 1 unspecified atom stereocenters. The van der Waals surface area contributed by atoms with E-state index in [1.54, 1.807) is 7.11 Å². The smallest absolute Gasteiger partial charge is 0.161 e. The molecular weight excluding hydrogens is 240 g/mol. The molecule has 0 bridgehead atoms. The van der Waals surface area contributed by atoms with Crippen LogP contribution in [0.5, 0.6) is 11.5 Å². The van der Waals surface area contributed by atoms with Gasteiger partial charge in [0.15, 0.2) is 11.5 Å². The SMILES string of the molecule is COc1ccccc1OCCn1ccc(C(C)N)c1. The molecule has 0 radical (unpaired) electrons. The number of benzene rings is 1. The molecule has 2 N–H and O–H groups in total. The lowest BCUT2D eigenvalue weighted by atomic mass is 10.2. The van der Waals surface area contributed by atoms with E-state index in [0.29, 0.717) is 6.61 Å². The molecule has 0 aliphatic carbocycles. The van der Waals surface area contributed by atoms with Crippen molar-refractivity contribution in [3.63, 3.8) is 0 Å². The van der Waals surface area contributed by atoms with E-state index >= 15 is 0 Å². The van der Waals surface area contributed by atoms with E-state index in [1.165, 1.54) is 0 Å². The van der Waals surface area contributed by atoms with Crippen LogP contribution in [-0.2, 0) is 6.54 Å². The summed E-state index contributed by atoms with van der Waals surface area (Å²) >= 11 is 0. The van der Waals surface area contributed by atoms with Gasteiger partial charge in [-0.2, -0.15) is 0 Å². The molecule has 2 rings (SSSR count). The zero-order valence-electron chi connectivity index (χ0n) is 11.4. The summed E-state index contributed by atoms with van der Waals surface area (Å²) in [6.07, 6.45) is 4.07. The molecule has 4 heteroatoms. The zero-order valence-corrected chi connectivity index (χ0v) is 11.4. The largest absolute Gasteiger partial charge is 0.493 e. The van der Waals surface area contributed by atoms with E-state index in [9.17, 15) is 0 Å². The number of para-hydroxylation sites is 2. The Labute approximate surface area is 113 Å². The van der Waals surface area contributed by atoms with Crippen LogP contribution < -0.4 is 15.2 Å². The van der Waals surface area contributed by atoms with Gasteiger partial charge in [-0.3, -0.25) is 0 Å². The molecule has 1 aromatic carbocycles. The predicted octanol–water partition coefficient (Wildman–Crippen LogP) is 2.60. The van der Waals surface area contributed by atoms with Crippen molar-refractivity contribution in [2.75, 3.05) is 13.7 Å². The van der Waals surface area contributed by atoms with Gasteiger partial charge in [0.05, 0.1) is 13.7 Å². The average molecular weight is 260 g/mol. The molecule has 0 aliphatic rings. The maximum absolute atomic E-state index is 5.82. The molecule has 0 fully saturated rings. The van der Waals surface area contributed by atoms with Gasteiger partial charge in [0, 0.05) is 18.4 Å². The molecule has 0 saturated carbocycles. The Bertz CT molecular complexity index is 520. The first-order valence-electron chi connectivity index (χ1n) is 6.38. The Morgan fingerprint density at radius 3 is 2.58 bits per heavy atom. The third kappa shape index (κ3) is 3.51. The lowest BCUT2D eigenvalue weighted by Crippen LogP contribution is -2.08. The maximum Gasteiger partial charge on any atom is 0.161 e. The number of hydrogen-bond donors (Lipinski definition) is 1. The van der Waals surface area contributed by atoms with Gasteiger partial charge in [0.2, 0.25) is 0 Å². The minimum absolute atomic E-state index is 0.0661. The van der Waals surface area contributed by atoms with Gasteiger partial charge >= 0.3 is 0 Å². The second-order valence-electron chi connectivity index (χ2n) is 4.47. The van der Waals surface area contributed by atoms with Crippen LogP contribution in [0, 0.1) is 0 Å². The van der Waals surface area contributed by atoms with Gasteiger partial charge in [-0.1, -0.05) is 12.1 Å². The number of ether oxygens (including phenoxy) is 2. The standard InChI is InChI=1S/C15H20N2O2/c1-12(16)13-7-8-17(11-13)9-10-19-15-6-4-3-5-14(15)18-2/h3-8,11-12H,9-10,16H2,1-2H3. The highest BCUT2D eigenvalue weighted by molar-refractivity contribution is 5.39. The Balaban J connectivity index is 1.89. The molecule has 0 amide bonds. The lowest BCUT2D eigenvalue weighted by Gasteiger charge is -2.10. The molecule has 102 valence electrons. The van der Waals surface area contributed by atoms with Gasteiger partial charge in [-0.25, -0.2) is 0 Å². The summed E-state index contributed by atoms with van der Waals surface area (Å²) in [4.78, 5) is 0. The van der Waals surface area contributed by atoms with Crippen molar-refractivity contribution in [3.05, 3.63) is 48.3 Å². The summed E-state index contributed by atoms with van der Waals surface area (Å²) in [6, 6.07) is 9.75. The fourth-order valence-corrected chi connectivity index (χ4v) is 1.87. The molecule has 4 nitrogen and oxygen atoms in total. The van der Waals surface area contributed by atoms with Gasteiger partial charge in [-0.15, -0.1) is 0 Å². The Morgan fingerprint density at radius 1 is 1.21 bits per heavy atom. The fourth-order valence-electron chi connectivity index (χ4n) is 1.87. The number of nitrogens with two attached hydrogens (primary N) is 1. The quantitative estimate of drug-likeness (QED) is 0.868. The maximum atomic E-state index is 5.82. The normalized spacial score (nSPS) is 12.2. The van der Waals surface area contributed by atoms with Gasteiger partial charge < -0.3 is 19.8 Å². The summed E-state index contributed by atoms with van der Waals surface area (Å²) < 4.78 is 13.0. The molecule has 1 aromatic heterocycles. The van der Waals surface area contributed by atoms with E-state index in [1.807, 2.05) is 43.5 Å². The number of methoxy groups -OCH3 is 1. The lowest BCUT2D eigenvalue weighted by molar-refractivity contribution is 0.280. The molecule has 1 heterocycles. The Hall–Kier alpha value is -1.94. The molecule has 1 atom stereocenters. The zero-order chi connectivity index (χ0) is 13.7. The Morgan fingerprint density at radius 2 is 1.95 bits per heavy atom. The monoisotopic (exact) mass is 260 g/mol. The minimum atomic E-state index is 0.0661. The van der Waals surface area contributed by atoms with Crippen LogP contribution in [0.3, 0.4) is 0 Å². The third-order valence-corrected chi connectivity index (χ3v) is 2.98. The fraction of sp³-hybridized carbons (Fsp3) is 0.333. The number of nitrogens with zero attached hydrogens (tertiary/aromatic N) is 1. The van der Waals surface area contributed by atoms with Crippen LogP contribution in [0.15, 0.2) is 42.7 Å². The van der Waals surface area contributed by atoms with Gasteiger partial charge in [0.25, 0.3) is 0 Å². The molecule has 0 spiro atoms. The minimum Gasteiger partial charge on any atom is -0.493 e. The number of hydrogen-bond acceptors (Lipinski definition) is 3. The van der Waals surface area contributed by atoms with Crippen molar-refractivity contribution in [3.8, 4) is 11.5 Å². The van der Waals surface area contributed by atoms with E-state index in [-0.39, 0.29) is 6.04 Å². The summed E-state index contributed by atoms with van der Waals surface area (Å²) in [6.45, 7) is 3.35. The van der Waals surface area contributed by atoms with E-state index in [4.69, 9.17) is 15.2 Å². The molecule has 2 aromatic rings. The van der Waals surface area contributed by atoms with E-state index < -0.39 is 0 Å². The summed E-state index contributed by atoms with van der Waals surface area (Å²) in [5.74, 6) is 1.52. The number of rotatable bonds is 6. The predicted molar refractivity (Wildman–Crippen MR) is 75.5 cm³/mol. The Kier molecular flexibility index (Phi) is 4.47. The summed E-state index contributed by atoms with van der Waals surface area (Å²) in [5, 5.41) is 0. The van der Waals surface area contributed by atoms with Crippen molar-refractivity contribution in [1.29, 1.82) is 0 Å². The van der Waals surface area contributed by atoms with E-state index in [0.717, 1.165) is 23.6 Å². The highest BCUT2D eigenvalue weighted by Gasteiger charge is 2.04. The molecule has 0 aliphatic heterocycles. The number of aromatic nitrogens is 1. The summed E-state index contributed by atoms with van der Waals surface area (Å²) in [5.41, 5.74) is 6.96. The van der Waals surface area contributed by atoms with Crippen LogP contribution >= 0.6 is 0 Å². The summed E-state index contributed by atoms with van der Waals surface area (Å²) in [7, 11) is 1.64. The van der Waals surface area contributed by atoms with Crippen molar-refractivity contribution < 1.29 is 9.47 Å². The van der Waals surface area contributed by atoms with Crippen molar-refractivity contribution in [1.82, 2.24) is 4.57 Å². The first-order valence-corrected chi connectivity index (χ1v) is 6.38. The molecule has 0 saturated heterocycles. The van der Waals surface area contributed by atoms with Gasteiger partial charge in [0.1, 0.15) is 6.61 Å². The van der Waals surface area contributed by atoms with Crippen LogP contribution in [0.1, 0.15) is 18.5 Å². The van der Waals surface area contributed by atoms with Crippen LogP contribution in [0.25, 0.3) is 0 Å². The van der Waals surface area contributed by atoms with E-state index in [2.05, 4.69) is 10.8 Å². The van der Waals surface area contributed by atoms with Crippen molar-refractivity contribution in [2.24, 2.45) is 5.73 Å². The second-order valence-corrected chi connectivity index (χ2v) is 4.47. The highest BCUT2D eigenvalue weighted by Crippen LogP contribution is 2.25. The van der Waals surface area contributed by atoms with Crippen LogP contribution in [-0.4, -0.2) is 18.3 Å².